The number of rotatable bonds is 6. The highest BCUT2D eigenvalue weighted by Crippen LogP contribution is 2.39. The van der Waals surface area contributed by atoms with Gasteiger partial charge in [0.15, 0.2) is 0 Å². The number of thiophene rings is 2. The zero-order valence-electron chi connectivity index (χ0n) is 13.0. The summed E-state index contributed by atoms with van der Waals surface area (Å²) in [6.45, 7) is 5.57. The molecule has 0 aromatic carbocycles. The van der Waals surface area contributed by atoms with E-state index in [1.54, 1.807) is 22.7 Å². The third kappa shape index (κ3) is 3.77. The summed E-state index contributed by atoms with van der Waals surface area (Å²) in [7, 11) is 0. The van der Waals surface area contributed by atoms with Crippen molar-refractivity contribution in [3.63, 3.8) is 0 Å². The van der Waals surface area contributed by atoms with Crippen LogP contribution >= 0.6 is 34.3 Å². The molecule has 0 aliphatic carbocycles. The maximum Gasteiger partial charge on any atom is 0.131 e. The van der Waals surface area contributed by atoms with Gasteiger partial charge in [-0.1, -0.05) is 17.7 Å². The molecule has 23 heavy (non-hydrogen) atoms. The molecule has 0 bridgehead atoms. The van der Waals surface area contributed by atoms with Crippen LogP contribution in [0.15, 0.2) is 23.6 Å². The molecule has 7 heteroatoms. The highest BCUT2D eigenvalue weighted by Gasteiger charge is 2.14. The lowest BCUT2D eigenvalue weighted by molar-refractivity contribution is 0.781. The van der Waals surface area contributed by atoms with Gasteiger partial charge in [-0.2, -0.15) is 0 Å². The van der Waals surface area contributed by atoms with E-state index in [2.05, 4.69) is 40.1 Å². The molecule has 4 nitrogen and oxygen atoms in total. The fourth-order valence-electron chi connectivity index (χ4n) is 2.29. The van der Waals surface area contributed by atoms with Crippen LogP contribution in [0, 0.1) is 6.92 Å². The van der Waals surface area contributed by atoms with E-state index in [-0.39, 0.29) is 6.04 Å². The summed E-state index contributed by atoms with van der Waals surface area (Å²) in [4.78, 5) is 5.78. The number of pyridine rings is 1. The van der Waals surface area contributed by atoms with Gasteiger partial charge in [0.1, 0.15) is 5.15 Å². The molecular weight excluding hydrogens is 348 g/mol. The predicted octanol–water partition coefficient (Wildman–Crippen LogP) is 4.69. The number of nitrogens with two attached hydrogens (primary N) is 1. The van der Waals surface area contributed by atoms with Gasteiger partial charge in [-0.15, -0.1) is 22.7 Å². The van der Waals surface area contributed by atoms with Crippen LogP contribution in [-0.4, -0.2) is 17.6 Å². The lowest BCUT2D eigenvalue weighted by atomic mass is 10.2. The maximum absolute atomic E-state index is 6.21. The van der Waals surface area contributed by atoms with Crippen LogP contribution < -0.4 is 16.4 Å². The summed E-state index contributed by atoms with van der Waals surface area (Å²) in [5.74, 6) is 0. The molecule has 3 aromatic heterocycles. The fraction of sp³-hybridized carbons (Fsp3) is 0.312. The summed E-state index contributed by atoms with van der Waals surface area (Å²) in [5, 5.41) is 10.6. The number of halogens is 1. The van der Waals surface area contributed by atoms with Gasteiger partial charge in [0.2, 0.25) is 0 Å². The minimum Gasteiger partial charge on any atom is -0.379 e. The Kier molecular flexibility index (Phi) is 5.06. The molecule has 4 N–H and O–H groups in total. The van der Waals surface area contributed by atoms with Gasteiger partial charge in [-0.3, -0.25) is 0 Å². The van der Waals surface area contributed by atoms with Crippen LogP contribution in [-0.2, 0) is 6.54 Å². The Balaban J connectivity index is 1.92. The number of anilines is 2. The lowest BCUT2D eigenvalue weighted by Crippen LogP contribution is -2.25. The van der Waals surface area contributed by atoms with E-state index in [4.69, 9.17) is 17.3 Å². The largest absolute Gasteiger partial charge is 0.379 e. The van der Waals surface area contributed by atoms with Gasteiger partial charge in [0.25, 0.3) is 0 Å². The highest BCUT2D eigenvalue weighted by atomic mass is 35.5. The molecule has 0 unspecified atom stereocenters. The van der Waals surface area contributed by atoms with E-state index in [1.165, 1.54) is 4.88 Å². The number of nitrogens with one attached hydrogen (secondary N) is 2. The van der Waals surface area contributed by atoms with Crippen LogP contribution in [0.4, 0.5) is 10.7 Å². The number of hydrogen-bond donors (Lipinski definition) is 3. The number of fused-ring (bicyclic) bond motifs is 1. The minimum absolute atomic E-state index is 0.104. The van der Waals surface area contributed by atoms with Gasteiger partial charge in [0.05, 0.1) is 20.9 Å². The van der Waals surface area contributed by atoms with Crippen molar-refractivity contribution in [1.29, 1.82) is 0 Å². The number of hydrogen-bond acceptors (Lipinski definition) is 6. The third-order valence-corrected chi connectivity index (χ3v) is 5.80. The van der Waals surface area contributed by atoms with Crippen molar-refractivity contribution in [3.8, 4) is 0 Å². The van der Waals surface area contributed by atoms with Crippen molar-refractivity contribution in [2.24, 2.45) is 5.73 Å². The van der Waals surface area contributed by atoms with Gasteiger partial charge in [0, 0.05) is 35.6 Å². The predicted molar refractivity (Wildman–Crippen MR) is 103 cm³/mol. The molecule has 0 radical (unpaired) electrons. The molecule has 0 spiro atoms. The zero-order valence-corrected chi connectivity index (χ0v) is 15.4. The lowest BCUT2D eigenvalue weighted by Gasteiger charge is -2.07. The first-order valence-electron chi connectivity index (χ1n) is 7.40. The van der Waals surface area contributed by atoms with Crippen molar-refractivity contribution >= 4 is 55.2 Å². The first-order chi connectivity index (χ1) is 11.0. The SMILES string of the molecule is Cc1c(NC[C@@H](C)N)sc2c(NCc3cccs3)cc(Cl)nc12. The molecule has 0 saturated heterocycles. The fourth-order valence-corrected chi connectivity index (χ4v) is 4.28. The van der Waals surface area contributed by atoms with Gasteiger partial charge in [-0.05, 0) is 25.3 Å². The minimum atomic E-state index is 0.104. The molecule has 3 aromatic rings. The van der Waals surface area contributed by atoms with E-state index in [0.717, 1.165) is 39.6 Å². The molecule has 0 amide bonds. The second-order valence-electron chi connectivity index (χ2n) is 5.52. The van der Waals surface area contributed by atoms with Gasteiger partial charge < -0.3 is 16.4 Å². The van der Waals surface area contributed by atoms with Crippen molar-refractivity contribution in [2.45, 2.75) is 26.4 Å². The number of aromatic nitrogens is 1. The smallest absolute Gasteiger partial charge is 0.131 e. The molecular formula is C16H19ClN4S2. The molecule has 0 fully saturated rings. The molecule has 1 atom stereocenters. The normalized spacial score (nSPS) is 12.5. The monoisotopic (exact) mass is 366 g/mol. The van der Waals surface area contributed by atoms with Crippen molar-refractivity contribution in [1.82, 2.24) is 4.98 Å². The molecule has 3 heterocycles. The standard InChI is InChI=1S/C16H19ClN4S2/c1-9(18)7-20-16-10(2)14-15(23-16)12(6-13(17)21-14)19-8-11-4-3-5-22-11/h3-6,9,20H,7-8,18H2,1-2H3,(H,19,21)/t9-/m1/s1. The Hall–Kier alpha value is -1.34. The van der Waals surface area contributed by atoms with E-state index in [9.17, 15) is 0 Å². The molecule has 0 aliphatic rings. The van der Waals surface area contributed by atoms with Gasteiger partial charge in [-0.25, -0.2) is 4.98 Å². The topological polar surface area (TPSA) is 63.0 Å². The third-order valence-electron chi connectivity index (χ3n) is 3.46. The van der Waals surface area contributed by atoms with Crippen LogP contribution in [0.1, 0.15) is 17.4 Å². The molecule has 122 valence electrons. The van der Waals surface area contributed by atoms with E-state index in [1.807, 2.05) is 13.0 Å². The molecule has 0 saturated carbocycles. The van der Waals surface area contributed by atoms with Crippen LogP contribution in [0.2, 0.25) is 5.15 Å². The Morgan fingerprint density at radius 1 is 1.39 bits per heavy atom. The average Bonchev–Trinajstić information content (AvgIpc) is 3.12. The molecule has 0 aliphatic heterocycles. The summed E-state index contributed by atoms with van der Waals surface area (Å²) in [5.41, 5.74) is 8.92. The van der Waals surface area contributed by atoms with Gasteiger partial charge >= 0.3 is 0 Å². The number of nitrogens with zero attached hydrogens (tertiary/aromatic N) is 1. The summed E-state index contributed by atoms with van der Waals surface area (Å²) < 4.78 is 1.12. The van der Waals surface area contributed by atoms with Crippen molar-refractivity contribution in [2.75, 3.05) is 17.2 Å². The average molecular weight is 367 g/mol. The van der Waals surface area contributed by atoms with Crippen LogP contribution in [0.5, 0.6) is 0 Å². The summed E-state index contributed by atoms with van der Waals surface area (Å²) in [6, 6.07) is 6.17. The Morgan fingerprint density at radius 3 is 2.91 bits per heavy atom. The second-order valence-corrected chi connectivity index (χ2v) is 7.96. The highest BCUT2D eigenvalue weighted by molar-refractivity contribution is 7.23. The Bertz CT molecular complexity index is 796. The van der Waals surface area contributed by atoms with Crippen LogP contribution in [0.25, 0.3) is 10.2 Å². The van der Waals surface area contributed by atoms with E-state index in [0.29, 0.717) is 5.15 Å². The first-order valence-corrected chi connectivity index (χ1v) is 9.47. The van der Waals surface area contributed by atoms with Crippen molar-refractivity contribution in [3.05, 3.63) is 39.2 Å². The van der Waals surface area contributed by atoms with E-state index >= 15 is 0 Å². The Labute approximate surface area is 148 Å². The Morgan fingerprint density at radius 2 is 2.22 bits per heavy atom. The van der Waals surface area contributed by atoms with Crippen LogP contribution in [0.3, 0.4) is 0 Å². The number of aryl methyl sites for hydroxylation is 1. The second kappa shape index (κ2) is 7.05. The van der Waals surface area contributed by atoms with E-state index < -0.39 is 0 Å². The first kappa shape index (κ1) is 16.5. The quantitative estimate of drug-likeness (QED) is 0.554. The zero-order chi connectivity index (χ0) is 16.4. The summed E-state index contributed by atoms with van der Waals surface area (Å²) >= 11 is 9.64. The summed E-state index contributed by atoms with van der Waals surface area (Å²) in [6.07, 6.45) is 0. The van der Waals surface area contributed by atoms with Crippen molar-refractivity contribution < 1.29 is 0 Å². The molecule has 3 rings (SSSR count). The maximum atomic E-state index is 6.21.